The Bertz CT molecular complexity index is 964. The molecule has 0 radical (unpaired) electrons. The number of carbonyl (C=O) groups is 2. The van der Waals surface area contributed by atoms with Gasteiger partial charge in [0.1, 0.15) is 10.7 Å². The van der Waals surface area contributed by atoms with Crippen molar-refractivity contribution in [3.8, 4) is 5.88 Å². The van der Waals surface area contributed by atoms with Crippen LogP contribution in [0.3, 0.4) is 0 Å². The Morgan fingerprint density at radius 2 is 2.03 bits per heavy atom. The second-order valence-electron chi connectivity index (χ2n) is 7.15. The number of alkyl halides is 2. The number of pyridine rings is 1. The lowest BCUT2D eigenvalue weighted by Gasteiger charge is -2.13. The third-order valence-corrected chi connectivity index (χ3v) is 4.32. The van der Waals surface area contributed by atoms with Crippen LogP contribution in [-0.4, -0.2) is 39.3 Å². The lowest BCUT2D eigenvalue weighted by atomic mass is 10.2. The third kappa shape index (κ3) is 6.31. The quantitative estimate of drug-likeness (QED) is 0.654. The van der Waals surface area contributed by atoms with E-state index < -0.39 is 18.4 Å². The van der Waals surface area contributed by atoms with Crippen LogP contribution in [0.25, 0.3) is 0 Å². The van der Waals surface area contributed by atoms with Gasteiger partial charge in [-0.3, -0.25) is 14.9 Å². The summed E-state index contributed by atoms with van der Waals surface area (Å²) in [5, 5.41) is 5.32. The van der Waals surface area contributed by atoms with Crippen LogP contribution in [0.1, 0.15) is 41.5 Å². The molecule has 160 valence electrons. The molecule has 2 aromatic heterocycles. The van der Waals surface area contributed by atoms with E-state index in [1.165, 1.54) is 18.3 Å². The molecule has 2 aromatic rings. The van der Waals surface area contributed by atoms with E-state index in [0.29, 0.717) is 11.3 Å². The first kappa shape index (κ1) is 21.8. The van der Waals surface area contributed by atoms with Gasteiger partial charge < -0.3 is 10.1 Å². The Morgan fingerprint density at radius 1 is 1.30 bits per heavy atom. The molecule has 1 aliphatic rings. The summed E-state index contributed by atoms with van der Waals surface area (Å²) >= 11 is 6.01. The van der Waals surface area contributed by atoms with Gasteiger partial charge in [0, 0.05) is 31.3 Å². The molecule has 0 aromatic carbocycles. The molecule has 0 bridgehead atoms. The molecule has 1 saturated carbocycles. The van der Waals surface area contributed by atoms with Crippen LogP contribution in [-0.2, 0) is 11.3 Å². The molecule has 1 aliphatic carbocycles. The summed E-state index contributed by atoms with van der Waals surface area (Å²) in [5.41, 5.74) is 1.16. The number of hydrogen-bond donors (Lipinski definition) is 2. The lowest BCUT2D eigenvalue weighted by Crippen LogP contribution is -2.25. The summed E-state index contributed by atoms with van der Waals surface area (Å²) < 4.78 is 30.7. The van der Waals surface area contributed by atoms with Crippen molar-refractivity contribution >= 4 is 29.4 Å². The number of anilines is 1. The molecule has 0 spiro atoms. The fourth-order valence-corrected chi connectivity index (χ4v) is 2.68. The molecule has 0 atom stereocenters. The van der Waals surface area contributed by atoms with Gasteiger partial charge in [-0.05, 0) is 37.5 Å². The number of carbonyl (C=O) groups excluding carboxylic acids is 2. The van der Waals surface area contributed by atoms with Crippen molar-refractivity contribution in [2.75, 3.05) is 11.9 Å². The molecule has 0 saturated heterocycles. The normalized spacial score (nSPS) is 13.6. The highest BCUT2D eigenvalue weighted by molar-refractivity contribution is 6.31. The highest BCUT2D eigenvalue weighted by Gasteiger charge is 2.30. The molecule has 2 amide bonds. The smallest absolute Gasteiger partial charge is 0.278 e. The monoisotopic (exact) mass is 439 g/mol. The average Bonchev–Trinajstić information content (AvgIpc) is 3.49. The molecule has 30 heavy (non-hydrogen) atoms. The van der Waals surface area contributed by atoms with Crippen LogP contribution >= 0.6 is 11.6 Å². The van der Waals surface area contributed by atoms with E-state index in [9.17, 15) is 18.4 Å². The van der Waals surface area contributed by atoms with Gasteiger partial charge in [0.05, 0.1) is 0 Å². The molecule has 3 rings (SSSR count). The number of nitrogens with one attached hydrogen (secondary N) is 2. The van der Waals surface area contributed by atoms with E-state index in [1.807, 2.05) is 0 Å². The molecule has 0 aliphatic heterocycles. The Morgan fingerprint density at radius 3 is 2.67 bits per heavy atom. The summed E-state index contributed by atoms with van der Waals surface area (Å²) in [4.78, 5) is 36.4. The van der Waals surface area contributed by atoms with Gasteiger partial charge in [0.15, 0.2) is 6.61 Å². The Labute approximate surface area is 176 Å². The van der Waals surface area contributed by atoms with Crippen LogP contribution in [0.2, 0.25) is 5.02 Å². The second-order valence-corrected chi connectivity index (χ2v) is 7.56. The zero-order valence-corrected chi connectivity index (χ0v) is 17.1. The number of amides is 2. The van der Waals surface area contributed by atoms with Gasteiger partial charge in [-0.15, -0.1) is 0 Å². The number of rotatable bonds is 8. The van der Waals surface area contributed by atoms with E-state index in [0.717, 1.165) is 19.8 Å². The van der Waals surface area contributed by atoms with Crippen LogP contribution < -0.4 is 15.4 Å². The molecule has 1 fully saturated rings. The number of halogens is 3. The number of ether oxygens (including phenoxy) is 1. The minimum absolute atomic E-state index is 0.0147. The van der Waals surface area contributed by atoms with Crippen molar-refractivity contribution in [1.82, 2.24) is 20.3 Å². The highest BCUT2D eigenvalue weighted by atomic mass is 35.5. The number of nitrogens with zero attached hydrogens (tertiary/aromatic N) is 3. The predicted octanol–water partition coefficient (Wildman–Crippen LogP) is 3.15. The molecular formula is C19H20ClF2N5O3. The van der Waals surface area contributed by atoms with Gasteiger partial charge in [0.25, 0.3) is 11.8 Å². The lowest BCUT2D eigenvalue weighted by molar-refractivity contribution is -0.117. The van der Waals surface area contributed by atoms with Gasteiger partial charge >= 0.3 is 0 Å². The summed E-state index contributed by atoms with van der Waals surface area (Å²) in [6.45, 7) is 1.64. The van der Waals surface area contributed by atoms with Gasteiger partial charge in [-0.2, -0.15) is 0 Å². The summed E-state index contributed by atoms with van der Waals surface area (Å²) in [6.07, 6.45) is 3.04. The Balaban J connectivity index is 1.60. The van der Waals surface area contributed by atoms with Crippen LogP contribution in [0, 0.1) is 12.8 Å². The summed E-state index contributed by atoms with van der Waals surface area (Å²) in [7, 11) is 0. The van der Waals surface area contributed by atoms with Crippen molar-refractivity contribution in [3.05, 3.63) is 40.3 Å². The van der Waals surface area contributed by atoms with Crippen molar-refractivity contribution < 1.29 is 23.1 Å². The van der Waals surface area contributed by atoms with E-state index in [1.54, 1.807) is 6.92 Å². The van der Waals surface area contributed by atoms with E-state index in [-0.39, 0.29) is 40.9 Å². The maximum Gasteiger partial charge on any atom is 0.278 e. The highest BCUT2D eigenvalue weighted by Crippen LogP contribution is 2.29. The summed E-state index contributed by atoms with van der Waals surface area (Å²) in [5.74, 6) is -3.70. The molecule has 8 nitrogen and oxygen atoms in total. The molecular weight excluding hydrogens is 420 g/mol. The molecule has 11 heteroatoms. The fraction of sp³-hybridized carbons (Fsp3) is 0.421. The van der Waals surface area contributed by atoms with Gasteiger partial charge in [-0.1, -0.05) is 11.6 Å². The fourth-order valence-electron chi connectivity index (χ4n) is 2.43. The van der Waals surface area contributed by atoms with Crippen LogP contribution in [0.4, 0.5) is 14.7 Å². The second kappa shape index (κ2) is 8.86. The van der Waals surface area contributed by atoms with Crippen LogP contribution in [0.5, 0.6) is 5.88 Å². The standard InChI is InChI=1S/C19H20ClF2N5O3/c1-10-5-14(26-18(25-10)27-15(28)12-3-4-12)16(29)23-7-11-6-13(20)17(24-8-11)30-9-19(2,21)22/h5-6,8,12H,3-4,7,9H2,1-2H3,(H,23,29)(H,25,26,27,28). The van der Waals surface area contributed by atoms with Crippen molar-refractivity contribution in [2.45, 2.75) is 39.2 Å². The first-order chi connectivity index (χ1) is 14.1. The molecule has 2 N–H and O–H groups in total. The maximum atomic E-state index is 12.9. The van der Waals surface area contributed by atoms with E-state index in [4.69, 9.17) is 16.3 Å². The molecule has 2 heterocycles. The first-order valence-electron chi connectivity index (χ1n) is 9.20. The van der Waals surface area contributed by atoms with Crippen molar-refractivity contribution in [3.63, 3.8) is 0 Å². The maximum absolute atomic E-state index is 12.9. The third-order valence-electron chi connectivity index (χ3n) is 4.05. The first-order valence-corrected chi connectivity index (χ1v) is 9.58. The minimum Gasteiger partial charge on any atom is -0.470 e. The van der Waals surface area contributed by atoms with Gasteiger partial charge in [0.2, 0.25) is 17.7 Å². The minimum atomic E-state index is -3.01. The molecule has 0 unspecified atom stereocenters. The average molecular weight is 440 g/mol. The van der Waals surface area contributed by atoms with Crippen molar-refractivity contribution in [1.29, 1.82) is 0 Å². The Kier molecular flexibility index (Phi) is 6.45. The predicted molar refractivity (Wildman–Crippen MR) is 105 cm³/mol. The Hall–Kier alpha value is -2.88. The van der Waals surface area contributed by atoms with E-state index in [2.05, 4.69) is 25.6 Å². The SMILES string of the molecule is Cc1cc(C(=O)NCc2cnc(OCC(C)(F)F)c(Cl)c2)nc(NC(=O)C2CC2)n1. The van der Waals surface area contributed by atoms with Gasteiger partial charge in [-0.25, -0.2) is 23.7 Å². The number of aromatic nitrogens is 3. The summed E-state index contributed by atoms with van der Waals surface area (Å²) in [6, 6.07) is 2.96. The number of hydrogen-bond acceptors (Lipinski definition) is 6. The van der Waals surface area contributed by atoms with Crippen molar-refractivity contribution in [2.24, 2.45) is 5.92 Å². The van der Waals surface area contributed by atoms with Crippen LogP contribution in [0.15, 0.2) is 18.3 Å². The number of aryl methyl sites for hydroxylation is 1. The largest absolute Gasteiger partial charge is 0.470 e. The van der Waals surface area contributed by atoms with E-state index >= 15 is 0 Å². The zero-order chi connectivity index (χ0) is 21.9. The topological polar surface area (TPSA) is 106 Å². The zero-order valence-electron chi connectivity index (χ0n) is 16.3.